The summed E-state index contributed by atoms with van der Waals surface area (Å²) in [6.45, 7) is 0.657. The number of hydrogen-bond donors (Lipinski definition) is 1. The Labute approximate surface area is 110 Å². The van der Waals surface area contributed by atoms with Gasteiger partial charge in [-0.3, -0.25) is 0 Å². The average Bonchev–Trinajstić information content (AvgIpc) is 2.38. The first-order valence-corrected chi connectivity index (χ1v) is 6.74. The first kappa shape index (κ1) is 12.2. The van der Waals surface area contributed by atoms with E-state index in [9.17, 15) is 0 Å². The number of nitrogens with one attached hydrogen (secondary N) is 1. The highest BCUT2D eigenvalue weighted by molar-refractivity contribution is 7.98. The minimum Gasteiger partial charge on any atom is -0.366 e. The van der Waals surface area contributed by atoms with E-state index in [1.165, 1.54) is 11.8 Å². The summed E-state index contributed by atoms with van der Waals surface area (Å²) in [7, 11) is 0. The van der Waals surface area contributed by atoms with Crippen LogP contribution in [-0.4, -0.2) is 16.2 Å². The molecule has 17 heavy (non-hydrogen) atoms. The maximum atomic E-state index is 6.07. The SMILES string of the molecule is CSc1nccc(NCc2ccccc2Cl)n1. The minimum atomic E-state index is 0.657. The van der Waals surface area contributed by atoms with E-state index < -0.39 is 0 Å². The van der Waals surface area contributed by atoms with E-state index in [0.717, 1.165) is 21.6 Å². The van der Waals surface area contributed by atoms with Gasteiger partial charge in [-0.15, -0.1) is 0 Å². The molecule has 1 heterocycles. The van der Waals surface area contributed by atoms with Gasteiger partial charge in [0.05, 0.1) is 0 Å². The topological polar surface area (TPSA) is 37.8 Å². The Morgan fingerprint density at radius 3 is 2.88 bits per heavy atom. The van der Waals surface area contributed by atoms with Crippen LogP contribution in [0.25, 0.3) is 0 Å². The molecule has 0 amide bonds. The van der Waals surface area contributed by atoms with Crippen LogP contribution in [-0.2, 0) is 6.54 Å². The molecule has 0 aliphatic heterocycles. The zero-order valence-electron chi connectivity index (χ0n) is 9.35. The van der Waals surface area contributed by atoms with Crippen LogP contribution in [0.2, 0.25) is 5.02 Å². The lowest BCUT2D eigenvalue weighted by atomic mass is 10.2. The highest BCUT2D eigenvalue weighted by Crippen LogP contribution is 2.17. The quantitative estimate of drug-likeness (QED) is 0.679. The van der Waals surface area contributed by atoms with Crippen LogP contribution in [0.3, 0.4) is 0 Å². The molecular formula is C12H12ClN3S. The summed E-state index contributed by atoms with van der Waals surface area (Å²) >= 11 is 7.59. The van der Waals surface area contributed by atoms with Gasteiger partial charge in [0.1, 0.15) is 5.82 Å². The molecule has 0 aliphatic carbocycles. The van der Waals surface area contributed by atoms with Gasteiger partial charge in [0.15, 0.2) is 5.16 Å². The van der Waals surface area contributed by atoms with Crippen molar-refractivity contribution < 1.29 is 0 Å². The van der Waals surface area contributed by atoms with Crippen LogP contribution in [0.5, 0.6) is 0 Å². The summed E-state index contributed by atoms with van der Waals surface area (Å²) in [6.07, 6.45) is 3.70. The van der Waals surface area contributed by atoms with E-state index in [4.69, 9.17) is 11.6 Å². The van der Waals surface area contributed by atoms with Crippen LogP contribution in [0.4, 0.5) is 5.82 Å². The molecule has 0 aliphatic rings. The second-order valence-electron chi connectivity index (χ2n) is 3.37. The molecule has 5 heteroatoms. The minimum absolute atomic E-state index is 0.657. The van der Waals surface area contributed by atoms with Crippen molar-refractivity contribution in [2.24, 2.45) is 0 Å². The number of rotatable bonds is 4. The summed E-state index contributed by atoms with van der Waals surface area (Å²) in [5, 5.41) is 4.75. The van der Waals surface area contributed by atoms with Gasteiger partial charge >= 0.3 is 0 Å². The van der Waals surface area contributed by atoms with Crippen molar-refractivity contribution in [2.75, 3.05) is 11.6 Å². The van der Waals surface area contributed by atoms with E-state index in [1.54, 1.807) is 6.20 Å². The molecule has 1 aromatic heterocycles. The summed E-state index contributed by atoms with van der Waals surface area (Å²) in [5.74, 6) is 0.810. The number of halogens is 1. The second kappa shape index (κ2) is 5.89. The van der Waals surface area contributed by atoms with E-state index in [-0.39, 0.29) is 0 Å². The molecule has 0 unspecified atom stereocenters. The van der Waals surface area contributed by atoms with Crippen LogP contribution in [0, 0.1) is 0 Å². The number of thioether (sulfide) groups is 1. The zero-order chi connectivity index (χ0) is 12.1. The Kier molecular flexibility index (Phi) is 4.23. The number of aromatic nitrogens is 2. The van der Waals surface area contributed by atoms with Crippen molar-refractivity contribution in [3.63, 3.8) is 0 Å². The number of hydrogen-bond acceptors (Lipinski definition) is 4. The monoisotopic (exact) mass is 265 g/mol. The fourth-order valence-corrected chi connectivity index (χ4v) is 1.92. The van der Waals surface area contributed by atoms with Gasteiger partial charge in [-0.1, -0.05) is 41.6 Å². The number of benzene rings is 1. The van der Waals surface area contributed by atoms with Crippen molar-refractivity contribution in [2.45, 2.75) is 11.7 Å². The van der Waals surface area contributed by atoms with E-state index >= 15 is 0 Å². The van der Waals surface area contributed by atoms with E-state index in [2.05, 4.69) is 15.3 Å². The zero-order valence-corrected chi connectivity index (χ0v) is 10.9. The summed E-state index contributed by atoms with van der Waals surface area (Å²) < 4.78 is 0. The van der Waals surface area contributed by atoms with Gasteiger partial charge < -0.3 is 5.32 Å². The third-order valence-corrected chi connectivity index (χ3v) is 3.16. The molecule has 0 spiro atoms. The smallest absolute Gasteiger partial charge is 0.189 e. The Morgan fingerprint density at radius 2 is 2.12 bits per heavy atom. The van der Waals surface area contributed by atoms with Gasteiger partial charge in [-0.2, -0.15) is 0 Å². The molecular weight excluding hydrogens is 254 g/mol. The third kappa shape index (κ3) is 3.35. The molecule has 0 saturated carbocycles. The lowest BCUT2D eigenvalue weighted by Gasteiger charge is -2.07. The van der Waals surface area contributed by atoms with Crippen molar-refractivity contribution >= 4 is 29.2 Å². The van der Waals surface area contributed by atoms with Gasteiger partial charge in [-0.25, -0.2) is 9.97 Å². The van der Waals surface area contributed by atoms with E-state index in [0.29, 0.717) is 6.54 Å². The molecule has 1 N–H and O–H groups in total. The maximum Gasteiger partial charge on any atom is 0.189 e. The molecule has 0 radical (unpaired) electrons. The molecule has 88 valence electrons. The predicted octanol–water partition coefficient (Wildman–Crippen LogP) is 3.46. The largest absolute Gasteiger partial charge is 0.366 e. The first-order chi connectivity index (χ1) is 8.29. The average molecular weight is 266 g/mol. The molecule has 0 bridgehead atoms. The summed E-state index contributed by atoms with van der Waals surface area (Å²) in [6, 6.07) is 9.60. The maximum absolute atomic E-state index is 6.07. The van der Waals surface area contributed by atoms with Crippen LogP contribution in [0.1, 0.15) is 5.56 Å². The second-order valence-corrected chi connectivity index (χ2v) is 4.55. The van der Waals surface area contributed by atoms with Gasteiger partial charge in [0.2, 0.25) is 0 Å². The fourth-order valence-electron chi connectivity index (χ4n) is 1.37. The van der Waals surface area contributed by atoms with Crippen LogP contribution < -0.4 is 5.32 Å². The molecule has 2 rings (SSSR count). The van der Waals surface area contributed by atoms with Crippen LogP contribution in [0.15, 0.2) is 41.7 Å². The highest BCUT2D eigenvalue weighted by Gasteiger charge is 2.00. The molecule has 0 fully saturated rings. The van der Waals surface area contributed by atoms with Gasteiger partial charge in [0.25, 0.3) is 0 Å². The Hall–Kier alpha value is -1.26. The number of nitrogens with zero attached hydrogens (tertiary/aromatic N) is 2. The van der Waals surface area contributed by atoms with Crippen molar-refractivity contribution in [3.8, 4) is 0 Å². The molecule has 3 nitrogen and oxygen atoms in total. The summed E-state index contributed by atoms with van der Waals surface area (Å²) in [4.78, 5) is 8.45. The lowest BCUT2D eigenvalue weighted by Crippen LogP contribution is -2.02. The van der Waals surface area contributed by atoms with Crippen molar-refractivity contribution in [1.29, 1.82) is 0 Å². The van der Waals surface area contributed by atoms with Gasteiger partial charge in [0, 0.05) is 17.8 Å². The standard InChI is InChI=1S/C12H12ClN3S/c1-17-12-14-7-6-11(16-12)15-8-9-4-2-3-5-10(9)13/h2-7H,8H2,1H3,(H,14,15,16). The molecule has 2 aromatic rings. The van der Waals surface area contributed by atoms with Crippen molar-refractivity contribution in [1.82, 2.24) is 9.97 Å². The number of anilines is 1. The molecule has 0 saturated heterocycles. The molecule has 1 aromatic carbocycles. The predicted molar refractivity (Wildman–Crippen MR) is 72.6 cm³/mol. The third-order valence-electron chi connectivity index (χ3n) is 2.23. The summed E-state index contributed by atoms with van der Waals surface area (Å²) in [5.41, 5.74) is 1.05. The fraction of sp³-hybridized carbons (Fsp3) is 0.167. The van der Waals surface area contributed by atoms with Crippen LogP contribution >= 0.6 is 23.4 Å². The normalized spacial score (nSPS) is 10.2. The van der Waals surface area contributed by atoms with Crippen molar-refractivity contribution in [3.05, 3.63) is 47.1 Å². The first-order valence-electron chi connectivity index (χ1n) is 5.14. The highest BCUT2D eigenvalue weighted by atomic mass is 35.5. The Bertz CT molecular complexity index is 505. The Morgan fingerprint density at radius 1 is 1.29 bits per heavy atom. The Balaban J connectivity index is 2.05. The molecule has 0 atom stereocenters. The van der Waals surface area contributed by atoms with Gasteiger partial charge in [-0.05, 0) is 24.0 Å². The van der Waals surface area contributed by atoms with E-state index in [1.807, 2.05) is 36.6 Å². The lowest BCUT2D eigenvalue weighted by molar-refractivity contribution is 0.956.